The SMILES string of the molecule is CCOC(=C=O)C(Nc1ccc(OC)cc1)C1(C(=O)OC)CCCCC1=C=O. The smallest absolute Gasteiger partial charge is 0.319 e. The minimum atomic E-state index is -1.39. The second kappa shape index (κ2) is 9.79. The Balaban J connectivity index is 2.60. The first-order valence-corrected chi connectivity index (χ1v) is 9.18. The Kier molecular flexibility index (Phi) is 7.44. The number of anilines is 1. The van der Waals surface area contributed by atoms with Gasteiger partial charge in [-0.05, 0) is 50.5 Å². The van der Waals surface area contributed by atoms with Gasteiger partial charge < -0.3 is 19.5 Å². The standard InChI is InChI=1S/C21H25NO6/c1-4-28-18(14-24)19(22-16-8-10-17(26-2)11-9-16)21(20(25)27-3)12-6-5-7-15(21)13-23/h8-11,19,22H,4-7,12H2,1-3H3. The average molecular weight is 387 g/mol. The molecule has 2 atom stereocenters. The Hall–Kier alpha value is -3.01. The summed E-state index contributed by atoms with van der Waals surface area (Å²) in [6.07, 6.45) is 2.18. The maximum atomic E-state index is 12.9. The number of benzene rings is 1. The molecule has 0 saturated heterocycles. The fraction of sp³-hybridized carbons (Fsp3) is 0.476. The van der Waals surface area contributed by atoms with Gasteiger partial charge >= 0.3 is 5.97 Å². The van der Waals surface area contributed by atoms with Crippen molar-refractivity contribution in [3.8, 4) is 5.75 Å². The van der Waals surface area contributed by atoms with Crippen molar-refractivity contribution >= 4 is 23.5 Å². The molecule has 150 valence electrons. The lowest BCUT2D eigenvalue weighted by Crippen LogP contribution is -2.51. The number of nitrogens with one attached hydrogen (secondary N) is 1. The molecule has 1 fully saturated rings. The summed E-state index contributed by atoms with van der Waals surface area (Å²) < 4.78 is 15.7. The second-order valence-electron chi connectivity index (χ2n) is 6.46. The van der Waals surface area contributed by atoms with E-state index in [2.05, 4.69) is 5.32 Å². The third-order valence-corrected chi connectivity index (χ3v) is 5.02. The van der Waals surface area contributed by atoms with Gasteiger partial charge in [-0.15, -0.1) is 0 Å². The van der Waals surface area contributed by atoms with E-state index in [9.17, 15) is 14.4 Å². The van der Waals surface area contributed by atoms with E-state index in [1.54, 1.807) is 44.2 Å². The molecule has 2 rings (SSSR count). The van der Waals surface area contributed by atoms with Crippen LogP contribution in [0.4, 0.5) is 5.69 Å². The lowest BCUT2D eigenvalue weighted by Gasteiger charge is -2.41. The van der Waals surface area contributed by atoms with Gasteiger partial charge in [0.1, 0.15) is 23.1 Å². The van der Waals surface area contributed by atoms with Crippen molar-refractivity contribution in [2.24, 2.45) is 5.41 Å². The number of methoxy groups -OCH3 is 2. The van der Waals surface area contributed by atoms with Gasteiger partial charge in [-0.2, -0.15) is 0 Å². The number of hydrogen-bond acceptors (Lipinski definition) is 7. The lowest BCUT2D eigenvalue weighted by molar-refractivity contribution is -0.152. The molecule has 7 nitrogen and oxygen atoms in total. The molecule has 1 aliphatic carbocycles. The van der Waals surface area contributed by atoms with E-state index in [-0.39, 0.29) is 17.9 Å². The molecule has 2 unspecified atom stereocenters. The van der Waals surface area contributed by atoms with Gasteiger partial charge in [0.15, 0.2) is 5.94 Å². The van der Waals surface area contributed by atoms with Crippen LogP contribution in [0.3, 0.4) is 0 Å². The number of rotatable bonds is 8. The van der Waals surface area contributed by atoms with E-state index < -0.39 is 17.4 Å². The summed E-state index contributed by atoms with van der Waals surface area (Å²) in [6, 6.07) is 6.03. The topological polar surface area (TPSA) is 90.9 Å². The molecule has 0 radical (unpaired) electrons. The molecular formula is C21H25NO6. The number of ether oxygens (including phenoxy) is 3. The van der Waals surface area contributed by atoms with Crippen molar-refractivity contribution in [3.05, 3.63) is 35.6 Å². The van der Waals surface area contributed by atoms with E-state index in [4.69, 9.17) is 14.2 Å². The molecule has 0 heterocycles. The van der Waals surface area contributed by atoms with Crippen LogP contribution in [0.1, 0.15) is 32.6 Å². The Morgan fingerprint density at radius 2 is 1.93 bits per heavy atom. The van der Waals surface area contributed by atoms with E-state index in [1.165, 1.54) is 7.11 Å². The first-order valence-electron chi connectivity index (χ1n) is 9.18. The Morgan fingerprint density at radius 3 is 2.46 bits per heavy atom. The predicted molar refractivity (Wildman–Crippen MR) is 103 cm³/mol. The van der Waals surface area contributed by atoms with Crippen molar-refractivity contribution < 1.29 is 28.6 Å². The molecule has 0 amide bonds. The van der Waals surface area contributed by atoms with Crippen LogP contribution < -0.4 is 10.1 Å². The lowest BCUT2D eigenvalue weighted by atomic mass is 9.65. The molecular weight excluding hydrogens is 362 g/mol. The Labute approximate surface area is 164 Å². The van der Waals surface area contributed by atoms with Gasteiger partial charge in [0.05, 0.1) is 20.8 Å². The molecule has 0 aromatic heterocycles. The van der Waals surface area contributed by atoms with Crippen molar-refractivity contribution in [1.82, 2.24) is 0 Å². The van der Waals surface area contributed by atoms with Crippen LogP contribution in [0.2, 0.25) is 0 Å². The van der Waals surface area contributed by atoms with Crippen LogP contribution in [0.25, 0.3) is 0 Å². The molecule has 0 spiro atoms. The second-order valence-corrected chi connectivity index (χ2v) is 6.46. The third-order valence-electron chi connectivity index (χ3n) is 5.02. The minimum absolute atomic E-state index is 0.0848. The van der Waals surface area contributed by atoms with Gasteiger partial charge in [0.2, 0.25) is 5.76 Å². The number of carbonyl (C=O) groups is 1. The van der Waals surface area contributed by atoms with Gasteiger partial charge in [-0.25, -0.2) is 9.59 Å². The van der Waals surface area contributed by atoms with Crippen LogP contribution in [-0.4, -0.2) is 44.7 Å². The van der Waals surface area contributed by atoms with E-state index in [1.807, 2.05) is 5.94 Å². The monoisotopic (exact) mass is 387 g/mol. The highest BCUT2D eigenvalue weighted by Crippen LogP contribution is 2.46. The highest BCUT2D eigenvalue weighted by Gasteiger charge is 2.54. The highest BCUT2D eigenvalue weighted by atomic mass is 16.5. The summed E-state index contributed by atoms with van der Waals surface area (Å²) in [7, 11) is 2.82. The Morgan fingerprint density at radius 1 is 1.21 bits per heavy atom. The zero-order valence-corrected chi connectivity index (χ0v) is 16.4. The van der Waals surface area contributed by atoms with E-state index in [0.717, 1.165) is 6.42 Å². The molecule has 0 aliphatic heterocycles. The summed E-state index contributed by atoms with van der Waals surface area (Å²) in [5.74, 6) is 3.69. The summed E-state index contributed by atoms with van der Waals surface area (Å²) in [5, 5.41) is 3.18. The average Bonchev–Trinajstić information content (AvgIpc) is 2.75. The van der Waals surface area contributed by atoms with Crippen LogP contribution in [-0.2, 0) is 23.9 Å². The summed E-state index contributed by atoms with van der Waals surface area (Å²) >= 11 is 0. The zero-order valence-electron chi connectivity index (χ0n) is 16.4. The fourth-order valence-electron chi connectivity index (χ4n) is 3.66. The van der Waals surface area contributed by atoms with Gasteiger partial charge in [0, 0.05) is 11.3 Å². The number of carbonyl (C=O) groups excluding carboxylic acids is 3. The molecule has 28 heavy (non-hydrogen) atoms. The van der Waals surface area contributed by atoms with E-state index >= 15 is 0 Å². The molecule has 1 saturated carbocycles. The van der Waals surface area contributed by atoms with Gasteiger partial charge in [-0.3, -0.25) is 4.79 Å². The van der Waals surface area contributed by atoms with Crippen molar-refractivity contribution in [1.29, 1.82) is 0 Å². The molecule has 1 aromatic carbocycles. The first-order chi connectivity index (χ1) is 13.6. The van der Waals surface area contributed by atoms with Crippen LogP contribution >= 0.6 is 0 Å². The zero-order chi connectivity index (χ0) is 20.6. The number of esters is 1. The fourth-order valence-corrected chi connectivity index (χ4v) is 3.66. The largest absolute Gasteiger partial charge is 0.497 e. The molecule has 1 aliphatic rings. The minimum Gasteiger partial charge on any atom is -0.497 e. The van der Waals surface area contributed by atoms with Gasteiger partial charge in [-0.1, -0.05) is 6.42 Å². The van der Waals surface area contributed by atoms with E-state index in [0.29, 0.717) is 30.7 Å². The van der Waals surface area contributed by atoms with Crippen LogP contribution in [0.5, 0.6) is 5.75 Å². The van der Waals surface area contributed by atoms with Crippen molar-refractivity contribution in [2.45, 2.75) is 38.6 Å². The van der Waals surface area contributed by atoms with Gasteiger partial charge in [0.25, 0.3) is 0 Å². The third kappa shape index (κ3) is 4.11. The quantitative estimate of drug-likeness (QED) is 0.417. The van der Waals surface area contributed by atoms with Crippen LogP contribution in [0.15, 0.2) is 35.6 Å². The summed E-state index contributed by atoms with van der Waals surface area (Å²) in [6.45, 7) is 1.94. The molecule has 1 N–H and O–H groups in total. The summed E-state index contributed by atoms with van der Waals surface area (Å²) in [5.41, 5.74) is -0.502. The van der Waals surface area contributed by atoms with Crippen LogP contribution in [0, 0.1) is 5.41 Å². The molecule has 0 bridgehead atoms. The molecule has 7 heteroatoms. The highest BCUT2D eigenvalue weighted by molar-refractivity contribution is 5.87. The number of hydrogen-bond donors (Lipinski definition) is 1. The normalized spacial score (nSPS) is 19.6. The van der Waals surface area contributed by atoms with Crippen molar-refractivity contribution in [3.63, 3.8) is 0 Å². The Bertz CT molecular complexity index is 790. The predicted octanol–water partition coefficient (Wildman–Crippen LogP) is 2.72. The maximum Gasteiger partial charge on any atom is 0.319 e. The first kappa shape index (κ1) is 21.3. The maximum absolute atomic E-state index is 12.9. The summed E-state index contributed by atoms with van der Waals surface area (Å²) in [4.78, 5) is 36.4. The van der Waals surface area contributed by atoms with Crippen molar-refractivity contribution in [2.75, 3.05) is 26.1 Å². The molecule has 1 aromatic rings.